The van der Waals surface area contributed by atoms with Crippen LogP contribution in [-0.2, 0) is 9.53 Å². The minimum absolute atomic E-state index is 0.0756. The summed E-state index contributed by atoms with van der Waals surface area (Å²) in [6.07, 6.45) is 5.37. The zero-order valence-electron chi connectivity index (χ0n) is 15.5. The zero-order valence-corrected chi connectivity index (χ0v) is 15.5. The summed E-state index contributed by atoms with van der Waals surface area (Å²) in [5, 5.41) is 11.6. The number of aromatic nitrogens is 2. The number of anilines is 1. The fraction of sp³-hybridized carbons (Fsp3) is 0.550. The SMILES string of the molecule is O=C(NC(c1ccccc1)c1nnc(N2CCOCC2)o1)C1CCCCC1. The Bertz CT molecular complexity index is 737. The van der Waals surface area contributed by atoms with Crippen LogP contribution >= 0.6 is 0 Å². The molecular weight excluding hydrogens is 344 g/mol. The predicted octanol–water partition coefficient (Wildman–Crippen LogP) is 2.69. The lowest BCUT2D eigenvalue weighted by molar-refractivity contribution is -0.126. The molecule has 1 N–H and O–H groups in total. The van der Waals surface area contributed by atoms with Crippen molar-refractivity contribution >= 4 is 11.9 Å². The van der Waals surface area contributed by atoms with Gasteiger partial charge in [-0.05, 0) is 18.4 Å². The Hall–Kier alpha value is -2.41. The average Bonchev–Trinajstić information content (AvgIpc) is 3.24. The van der Waals surface area contributed by atoms with Crippen molar-refractivity contribution in [3.8, 4) is 0 Å². The smallest absolute Gasteiger partial charge is 0.318 e. The van der Waals surface area contributed by atoms with E-state index in [1.807, 2.05) is 35.2 Å². The highest BCUT2D eigenvalue weighted by Crippen LogP contribution is 2.28. The third kappa shape index (κ3) is 4.30. The molecule has 0 bridgehead atoms. The highest BCUT2D eigenvalue weighted by molar-refractivity contribution is 5.79. The zero-order chi connectivity index (χ0) is 18.5. The third-order valence-electron chi connectivity index (χ3n) is 5.35. The maximum atomic E-state index is 12.8. The number of benzene rings is 1. The number of morpholine rings is 1. The molecule has 27 heavy (non-hydrogen) atoms. The standard InChI is InChI=1S/C20H26N4O3/c25-18(16-9-5-2-6-10-16)21-17(15-7-3-1-4-8-15)19-22-23-20(27-19)24-11-13-26-14-12-24/h1,3-4,7-8,16-17H,2,5-6,9-14H2,(H,21,25). The first kappa shape index (κ1) is 18.0. The molecule has 2 fully saturated rings. The summed E-state index contributed by atoms with van der Waals surface area (Å²) in [6.45, 7) is 2.76. The Morgan fingerprint density at radius 1 is 1.07 bits per heavy atom. The van der Waals surface area contributed by atoms with Crippen LogP contribution in [0.15, 0.2) is 34.7 Å². The van der Waals surface area contributed by atoms with Crippen LogP contribution in [0.25, 0.3) is 0 Å². The fourth-order valence-corrected chi connectivity index (χ4v) is 3.78. The van der Waals surface area contributed by atoms with Gasteiger partial charge in [0.2, 0.25) is 11.8 Å². The van der Waals surface area contributed by atoms with Gasteiger partial charge in [0.05, 0.1) is 13.2 Å². The van der Waals surface area contributed by atoms with Gasteiger partial charge in [-0.2, -0.15) is 0 Å². The van der Waals surface area contributed by atoms with Gasteiger partial charge in [0.25, 0.3) is 0 Å². The van der Waals surface area contributed by atoms with E-state index >= 15 is 0 Å². The summed E-state index contributed by atoms with van der Waals surface area (Å²) in [4.78, 5) is 14.9. The number of hydrogen-bond donors (Lipinski definition) is 1. The van der Waals surface area contributed by atoms with Crippen LogP contribution in [0.1, 0.15) is 49.6 Å². The van der Waals surface area contributed by atoms with Crippen molar-refractivity contribution in [2.45, 2.75) is 38.1 Å². The number of rotatable bonds is 5. The van der Waals surface area contributed by atoms with Crippen molar-refractivity contribution in [1.82, 2.24) is 15.5 Å². The van der Waals surface area contributed by atoms with Crippen molar-refractivity contribution in [2.24, 2.45) is 5.92 Å². The number of hydrogen-bond acceptors (Lipinski definition) is 6. The van der Waals surface area contributed by atoms with Crippen LogP contribution in [0, 0.1) is 5.92 Å². The van der Waals surface area contributed by atoms with Gasteiger partial charge in [0, 0.05) is 19.0 Å². The lowest BCUT2D eigenvalue weighted by Crippen LogP contribution is -2.36. The van der Waals surface area contributed by atoms with Gasteiger partial charge in [-0.25, -0.2) is 0 Å². The van der Waals surface area contributed by atoms with E-state index in [9.17, 15) is 4.79 Å². The van der Waals surface area contributed by atoms with Crippen molar-refractivity contribution in [1.29, 1.82) is 0 Å². The van der Waals surface area contributed by atoms with Gasteiger partial charge in [0.1, 0.15) is 6.04 Å². The lowest BCUT2D eigenvalue weighted by Gasteiger charge is -2.25. The van der Waals surface area contributed by atoms with E-state index in [-0.39, 0.29) is 11.8 Å². The van der Waals surface area contributed by atoms with Crippen LogP contribution in [0.4, 0.5) is 6.01 Å². The lowest BCUT2D eigenvalue weighted by atomic mass is 9.88. The quantitative estimate of drug-likeness (QED) is 0.872. The molecule has 1 aromatic heterocycles. The molecule has 1 aromatic carbocycles. The number of carbonyl (C=O) groups excluding carboxylic acids is 1. The first-order valence-electron chi connectivity index (χ1n) is 9.82. The summed E-state index contributed by atoms with van der Waals surface area (Å²) in [6, 6.07) is 9.87. The molecular formula is C20H26N4O3. The van der Waals surface area contributed by atoms with Crippen molar-refractivity contribution in [3.05, 3.63) is 41.8 Å². The minimum atomic E-state index is -0.428. The van der Waals surface area contributed by atoms with E-state index in [1.165, 1.54) is 6.42 Å². The maximum Gasteiger partial charge on any atom is 0.318 e. The second-order valence-electron chi connectivity index (χ2n) is 7.21. The molecule has 2 heterocycles. The Kier molecular flexibility index (Phi) is 5.67. The van der Waals surface area contributed by atoms with Gasteiger partial charge in [-0.1, -0.05) is 54.7 Å². The molecule has 1 aliphatic heterocycles. The predicted molar refractivity (Wildman–Crippen MR) is 100 cm³/mol. The second-order valence-corrected chi connectivity index (χ2v) is 7.21. The van der Waals surface area contributed by atoms with Gasteiger partial charge in [-0.3, -0.25) is 4.79 Å². The van der Waals surface area contributed by atoms with Gasteiger partial charge in [0.15, 0.2) is 0 Å². The molecule has 1 atom stereocenters. The number of ether oxygens (including phenoxy) is 1. The van der Waals surface area contributed by atoms with Gasteiger partial charge < -0.3 is 19.4 Å². The second kappa shape index (κ2) is 8.52. The molecule has 1 saturated carbocycles. The van der Waals surface area contributed by atoms with Crippen molar-refractivity contribution < 1.29 is 13.9 Å². The molecule has 0 spiro atoms. The Labute approximate surface area is 159 Å². The molecule has 2 aliphatic rings. The van der Waals surface area contributed by atoms with Crippen LogP contribution in [0.3, 0.4) is 0 Å². The van der Waals surface area contributed by atoms with Crippen LogP contribution in [0.5, 0.6) is 0 Å². The van der Waals surface area contributed by atoms with E-state index in [1.54, 1.807) is 0 Å². The first-order chi connectivity index (χ1) is 13.3. The fourth-order valence-electron chi connectivity index (χ4n) is 3.78. The van der Waals surface area contributed by atoms with E-state index in [0.717, 1.165) is 44.3 Å². The molecule has 7 heteroatoms. The van der Waals surface area contributed by atoms with Crippen molar-refractivity contribution in [2.75, 3.05) is 31.2 Å². The van der Waals surface area contributed by atoms with Crippen LogP contribution in [0.2, 0.25) is 0 Å². The molecule has 2 aromatic rings. The Morgan fingerprint density at radius 2 is 1.81 bits per heavy atom. The highest BCUT2D eigenvalue weighted by Gasteiger charge is 2.28. The van der Waals surface area contributed by atoms with Crippen LogP contribution in [-0.4, -0.2) is 42.4 Å². The molecule has 1 unspecified atom stereocenters. The summed E-state index contributed by atoms with van der Waals surface area (Å²) in [5.41, 5.74) is 0.943. The van der Waals surface area contributed by atoms with E-state index in [0.29, 0.717) is 25.1 Å². The number of nitrogens with one attached hydrogen (secondary N) is 1. The molecule has 0 radical (unpaired) electrons. The highest BCUT2D eigenvalue weighted by atomic mass is 16.5. The summed E-state index contributed by atoms with van der Waals surface area (Å²) in [7, 11) is 0. The van der Waals surface area contributed by atoms with Gasteiger partial charge in [-0.15, -0.1) is 5.10 Å². The number of amides is 1. The summed E-state index contributed by atoms with van der Waals surface area (Å²) in [5.74, 6) is 0.577. The first-order valence-corrected chi connectivity index (χ1v) is 9.82. The average molecular weight is 370 g/mol. The van der Waals surface area contributed by atoms with Gasteiger partial charge >= 0.3 is 6.01 Å². The Balaban J connectivity index is 1.55. The number of nitrogens with zero attached hydrogens (tertiary/aromatic N) is 3. The molecule has 4 rings (SSSR count). The van der Waals surface area contributed by atoms with Crippen molar-refractivity contribution in [3.63, 3.8) is 0 Å². The molecule has 7 nitrogen and oxygen atoms in total. The Morgan fingerprint density at radius 3 is 2.56 bits per heavy atom. The number of carbonyl (C=O) groups is 1. The summed E-state index contributed by atoms with van der Waals surface area (Å²) >= 11 is 0. The maximum absolute atomic E-state index is 12.8. The van der Waals surface area contributed by atoms with E-state index in [2.05, 4.69) is 15.5 Å². The third-order valence-corrected chi connectivity index (χ3v) is 5.35. The minimum Gasteiger partial charge on any atom is -0.405 e. The van der Waals surface area contributed by atoms with E-state index < -0.39 is 6.04 Å². The molecule has 144 valence electrons. The molecule has 1 aliphatic carbocycles. The largest absolute Gasteiger partial charge is 0.405 e. The normalized spacial score (nSPS) is 19.6. The molecule has 1 amide bonds. The van der Waals surface area contributed by atoms with E-state index in [4.69, 9.17) is 9.15 Å². The monoisotopic (exact) mass is 370 g/mol. The molecule has 1 saturated heterocycles. The topological polar surface area (TPSA) is 80.5 Å². The summed E-state index contributed by atoms with van der Waals surface area (Å²) < 4.78 is 11.3. The van der Waals surface area contributed by atoms with Crippen LogP contribution < -0.4 is 10.2 Å².